The first kappa shape index (κ1) is 14.5. The maximum Gasteiger partial charge on any atom is 0.127 e. The maximum absolute atomic E-state index is 12.7. The Morgan fingerprint density at radius 3 is 1.83 bits per heavy atom. The van der Waals surface area contributed by atoms with Crippen LogP contribution in [0.2, 0.25) is 0 Å². The molecule has 18 heavy (non-hydrogen) atoms. The summed E-state index contributed by atoms with van der Waals surface area (Å²) >= 11 is 0. The minimum absolute atomic E-state index is 0. The van der Waals surface area contributed by atoms with E-state index in [1.807, 2.05) is 31.2 Å². The molecule has 2 rings (SSSR count). The topological polar surface area (TPSA) is 35.2 Å². The van der Waals surface area contributed by atoms with Crippen LogP contribution in [0.15, 0.2) is 48.5 Å². The molecule has 0 fully saturated rings. The Balaban J connectivity index is 0.00000162. The van der Waals surface area contributed by atoms with Gasteiger partial charge in [-0.3, -0.25) is 0 Å². The Morgan fingerprint density at radius 2 is 1.39 bits per heavy atom. The lowest BCUT2D eigenvalue weighted by molar-refractivity contribution is 0.480. The normalized spacial score (nSPS) is 11.5. The quantitative estimate of drug-likeness (QED) is 0.910. The summed E-state index contributed by atoms with van der Waals surface area (Å²) < 4.78 is 18.3. The van der Waals surface area contributed by atoms with E-state index in [0.29, 0.717) is 11.5 Å². The van der Waals surface area contributed by atoms with Gasteiger partial charge in [-0.25, -0.2) is 4.39 Å². The summed E-state index contributed by atoms with van der Waals surface area (Å²) in [6.07, 6.45) is 0. The Kier molecular flexibility index (Phi) is 5.13. The number of ether oxygens (including phenoxy) is 1. The number of hydrogen-bond donors (Lipinski definition) is 1. The molecule has 0 aliphatic rings. The molecule has 0 spiro atoms. The molecule has 0 amide bonds. The van der Waals surface area contributed by atoms with Crippen LogP contribution in [0.3, 0.4) is 0 Å². The molecule has 0 unspecified atom stereocenters. The average Bonchev–Trinajstić information content (AvgIpc) is 2.33. The number of halogens is 2. The van der Waals surface area contributed by atoms with Crippen molar-refractivity contribution in [2.24, 2.45) is 5.73 Å². The first-order valence-corrected chi connectivity index (χ1v) is 5.44. The van der Waals surface area contributed by atoms with Crippen LogP contribution in [0.25, 0.3) is 0 Å². The van der Waals surface area contributed by atoms with E-state index in [4.69, 9.17) is 10.5 Å². The molecule has 0 saturated heterocycles. The van der Waals surface area contributed by atoms with Crippen molar-refractivity contribution in [3.63, 3.8) is 0 Å². The zero-order valence-corrected chi connectivity index (χ0v) is 10.8. The summed E-state index contributed by atoms with van der Waals surface area (Å²) in [6, 6.07) is 13.5. The van der Waals surface area contributed by atoms with Crippen LogP contribution < -0.4 is 10.5 Å². The van der Waals surface area contributed by atoms with Crippen molar-refractivity contribution in [1.82, 2.24) is 0 Å². The molecular formula is C14H15ClFNO. The van der Waals surface area contributed by atoms with E-state index < -0.39 is 0 Å². The van der Waals surface area contributed by atoms with Gasteiger partial charge in [0.15, 0.2) is 0 Å². The fourth-order valence-corrected chi connectivity index (χ4v) is 1.48. The molecule has 2 nitrogen and oxygen atoms in total. The molecule has 0 aliphatic heterocycles. The third-order valence-electron chi connectivity index (χ3n) is 2.46. The largest absolute Gasteiger partial charge is 0.457 e. The van der Waals surface area contributed by atoms with Crippen molar-refractivity contribution in [2.45, 2.75) is 13.0 Å². The van der Waals surface area contributed by atoms with E-state index >= 15 is 0 Å². The van der Waals surface area contributed by atoms with E-state index in [9.17, 15) is 4.39 Å². The van der Waals surface area contributed by atoms with E-state index in [1.165, 1.54) is 12.1 Å². The van der Waals surface area contributed by atoms with Gasteiger partial charge in [0.1, 0.15) is 17.3 Å². The summed E-state index contributed by atoms with van der Waals surface area (Å²) in [7, 11) is 0. The molecule has 2 N–H and O–H groups in total. The highest BCUT2D eigenvalue weighted by Gasteiger charge is 2.01. The SMILES string of the molecule is C[C@H](N)c1ccc(Oc2ccc(F)cc2)cc1.Cl. The molecule has 96 valence electrons. The molecule has 4 heteroatoms. The van der Waals surface area contributed by atoms with Gasteiger partial charge in [0.25, 0.3) is 0 Å². The zero-order valence-electron chi connectivity index (χ0n) is 9.97. The van der Waals surface area contributed by atoms with Crippen molar-refractivity contribution in [2.75, 3.05) is 0 Å². The van der Waals surface area contributed by atoms with Gasteiger partial charge in [-0.05, 0) is 48.9 Å². The number of hydrogen-bond acceptors (Lipinski definition) is 2. The van der Waals surface area contributed by atoms with E-state index in [2.05, 4.69) is 0 Å². The van der Waals surface area contributed by atoms with Gasteiger partial charge >= 0.3 is 0 Å². The van der Waals surface area contributed by atoms with Crippen LogP contribution in [-0.2, 0) is 0 Å². The molecule has 1 atom stereocenters. The first-order valence-electron chi connectivity index (χ1n) is 5.44. The molecule has 0 aliphatic carbocycles. The second-order valence-corrected chi connectivity index (χ2v) is 3.91. The third kappa shape index (κ3) is 3.72. The van der Waals surface area contributed by atoms with Gasteiger partial charge in [-0.15, -0.1) is 12.4 Å². The van der Waals surface area contributed by atoms with Crippen molar-refractivity contribution in [1.29, 1.82) is 0 Å². The van der Waals surface area contributed by atoms with Crippen LogP contribution in [0, 0.1) is 5.82 Å². The molecule has 2 aromatic carbocycles. The summed E-state index contributed by atoms with van der Waals surface area (Å²) in [4.78, 5) is 0. The summed E-state index contributed by atoms with van der Waals surface area (Å²) in [5.41, 5.74) is 6.80. The van der Waals surface area contributed by atoms with Gasteiger partial charge in [0, 0.05) is 6.04 Å². The van der Waals surface area contributed by atoms with Crippen molar-refractivity contribution in [3.05, 3.63) is 59.9 Å². The van der Waals surface area contributed by atoms with E-state index in [1.54, 1.807) is 12.1 Å². The molecular weight excluding hydrogens is 253 g/mol. The van der Waals surface area contributed by atoms with E-state index in [0.717, 1.165) is 5.56 Å². The predicted octanol–water partition coefficient (Wildman–Crippen LogP) is 4.06. The average molecular weight is 268 g/mol. The summed E-state index contributed by atoms with van der Waals surface area (Å²) in [5.74, 6) is 1.05. The summed E-state index contributed by atoms with van der Waals surface area (Å²) in [6.45, 7) is 1.93. The molecule has 0 bridgehead atoms. The van der Waals surface area contributed by atoms with Crippen molar-refractivity contribution < 1.29 is 9.13 Å². The van der Waals surface area contributed by atoms with Crippen LogP contribution >= 0.6 is 12.4 Å². The number of nitrogens with two attached hydrogens (primary N) is 1. The Morgan fingerprint density at radius 1 is 0.944 bits per heavy atom. The lowest BCUT2D eigenvalue weighted by Crippen LogP contribution is -2.04. The molecule has 0 heterocycles. The minimum atomic E-state index is -0.273. The second kappa shape index (κ2) is 6.38. The zero-order chi connectivity index (χ0) is 12.3. The smallest absolute Gasteiger partial charge is 0.127 e. The Bertz CT molecular complexity index is 482. The highest BCUT2D eigenvalue weighted by molar-refractivity contribution is 5.85. The van der Waals surface area contributed by atoms with Gasteiger partial charge < -0.3 is 10.5 Å². The van der Waals surface area contributed by atoms with Gasteiger partial charge in [-0.1, -0.05) is 12.1 Å². The predicted molar refractivity (Wildman–Crippen MR) is 72.8 cm³/mol. The van der Waals surface area contributed by atoms with E-state index in [-0.39, 0.29) is 24.3 Å². The van der Waals surface area contributed by atoms with Crippen LogP contribution in [0.5, 0.6) is 11.5 Å². The third-order valence-corrected chi connectivity index (χ3v) is 2.46. The first-order chi connectivity index (χ1) is 8.15. The lowest BCUT2D eigenvalue weighted by atomic mass is 10.1. The Hall–Kier alpha value is -1.58. The van der Waals surface area contributed by atoms with Gasteiger partial charge in [0.2, 0.25) is 0 Å². The fourth-order valence-electron chi connectivity index (χ4n) is 1.48. The Labute approximate surface area is 112 Å². The van der Waals surface area contributed by atoms with Gasteiger partial charge in [0.05, 0.1) is 0 Å². The second-order valence-electron chi connectivity index (χ2n) is 3.91. The van der Waals surface area contributed by atoms with Gasteiger partial charge in [-0.2, -0.15) is 0 Å². The monoisotopic (exact) mass is 267 g/mol. The molecule has 2 aromatic rings. The standard InChI is InChI=1S/C14H14FNO.ClH/c1-10(16)11-2-6-13(7-3-11)17-14-8-4-12(15)5-9-14;/h2-10H,16H2,1H3;1H/t10-;/m0./s1. The highest BCUT2D eigenvalue weighted by atomic mass is 35.5. The lowest BCUT2D eigenvalue weighted by Gasteiger charge is -2.08. The highest BCUT2D eigenvalue weighted by Crippen LogP contribution is 2.22. The maximum atomic E-state index is 12.7. The number of rotatable bonds is 3. The minimum Gasteiger partial charge on any atom is -0.457 e. The van der Waals surface area contributed by atoms with Crippen LogP contribution in [-0.4, -0.2) is 0 Å². The van der Waals surface area contributed by atoms with Crippen molar-refractivity contribution >= 4 is 12.4 Å². The number of benzene rings is 2. The molecule has 0 saturated carbocycles. The summed E-state index contributed by atoms with van der Waals surface area (Å²) in [5, 5.41) is 0. The van der Waals surface area contributed by atoms with Crippen LogP contribution in [0.4, 0.5) is 4.39 Å². The van der Waals surface area contributed by atoms with Crippen LogP contribution in [0.1, 0.15) is 18.5 Å². The van der Waals surface area contributed by atoms with Crippen molar-refractivity contribution in [3.8, 4) is 11.5 Å². The molecule has 0 aromatic heterocycles. The fraction of sp³-hybridized carbons (Fsp3) is 0.143. The molecule has 0 radical (unpaired) electrons.